The lowest BCUT2D eigenvalue weighted by atomic mass is 10.2. The van der Waals surface area contributed by atoms with Gasteiger partial charge in [-0.3, -0.25) is 0 Å². The molecule has 20 heavy (non-hydrogen) atoms. The third-order valence-corrected chi connectivity index (χ3v) is 3.56. The molecule has 2 rings (SSSR count). The minimum absolute atomic E-state index is 0.399. The summed E-state index contributed by atoms with van der Waals surface area (Å²) in [6.07, 6.45) is 1.08. The smallest absolute Gasteiger partial charge is 0.326 e. The van der Waals surface area contributed by atoms with Crippen LogP contribution in [0.5, 0.6) is 0 Å². The molecule has 106 valence electrons. The Hall–Kier alpha value is -2.15. The molecule has 1 aromatic heterocycles. The Balaban J connectivity index is 2.01. The number of aliphatic carboxylic acids is 1. The van der Waals surface area contributed by atoms with E-state index in [9.17, 15) is 9.59 Å². The number of amides is 2. The fraction of sp³-hybridized carbons (Fsp3) is 0.308. The van der Waals surface area contributed by atoms with Crippen LogP contribution in [-0.4, -0.2) is 28.1 Å². The second kappa shape index (κ2) is 6.33. The van der Waals surface area contributed by atoms with Crippen LogP contribution in [0.25, 0.3) is 10.2 Å². The molecule has 2 aromatic rings. The molecule has 0 bridgehead atoms. The molecule has 2 amide bonds. The number of urea groups is 1. The number of anilines is 1. The number of carbonyl (C=O) groups is 2. The number of hydrogen-bond acceptors (Lipinski definition) is 4. The number of hydrogen-bond donors (Lipinski definition) is 3. The minimum atomic E-state index is -1.03. The highest BCUT2D eigenvalue weighted by Gasteiger charge is 2.18. The lowest BCUT2D eigenvalue weighted by Gasteiger charge is -2.14. The van der Waals surface area contributed by atoms with Crippen LogP contribution in [-0.2, 0) is 4.79 Å². The summed E-state index contributed by atoms with van der Waals surface area (Å²) in [5, 5.41) is 14.1. The van der Waals surface area contributed by atoms with E-state index in [0.717, 1.165) is 10.2 Å². The average molecular weight is 293 g/mol. The highest BCUT2D eigenvalue weighted by atomic mass is 32.1. The third-order valence-electron chi connectivity index (χ3n) is 2.77. The van der Waals surface area contributed by atoms with Crippen molar-refractivity contribution in [3.63, 3.8) is 0 Å². The van der Waals surface area contributed by atoms with Gasteiger partial charge in [0, 0.05) is 5.69 Å². The molecule has 1 heterocycles. The average Bonchev–Trinajstić information content (AvgIpc) is 2.85. The Morgan fingerprint density at radius 1 is 1.45 bits per heavy atom. The lowest BCUT2D eigenvalue weighted by molar-refractivity contribution is -0.139. The summed E-state index contributed by atoms with van der Waals surface area (Å²) in [6, 6.07) is 3.96. The van der Waals surface area contributed by atoms with Gasteiger partial charge in [0.2, 0.25) is 0 Å². The van der Waals surface area contributed by atoms with Crippen LogP contribution in [0.1, 0.15) is 19.8 Å². The molecule has 6 nitrogen and oxygen atoms in total. The first-order chi connectivity index (χ1) is 9.60. The molecule has 0 fully saturated rings. The molecule has 0 spiro atoms. The van der Waals surface area contributed by atoms with Crippen molar-refractivity contribution in [1.82, 2.24) is 10.3 Å². The van der Waals surface area contributed by atoms with Crippen molar-refractivity contribution in [2.75, 3.05) is 5.32 Å². The summed E-state index contributed by atoms with van der Waals surface area (Å²) in [5.41, 5.74) is 3.21. The molecule has 0 aliphatic heterocycles. The number of carbonyl (C=O) groups excluding carboxylic acids is 1. The molecule has 1 aromatic carbocycles. The van der Waals surface area contributed by atoms with Crippen molar-refractivity contribution in [3.8, 4) is 0 Å². The monoisotopic (exact) mass is 293 g/mol. The van der Waals surface area contributed by atoms with Gasteiger partial charge in [0.1, 0.15) is 6.04 Å². The van der Waals surface area contributed by atoms with Crippen LogP contribution in [0.4, 0.5) is 10.5 Å². The Bertz CT molecular complexity index is 626. The lowest BCUT2D eigenvalue weighted by Crippen LogP contribution is -2.42. The fourth-order valence-corrected chi connectivity index (χ4v) is 2.52. The van der Waals surface area contributed by atoms with Crippen LogP contribution in [0.15, 0.2) is 23.7 Å². The van der Waals surface area contributed by atoms with Gasteiger partial charge in [-0.15, -0.1) is 11.3 Å². The van der Waals surface area contributed by atoms with Crippen LogP contribution < -0.4 is 10.6 Å². The molecule has 0 radical (unpaired) electrons. The summed E-state index contributed by atoms with van der Waals surface area (Å²) in [5.74, 6) is -1.03. The molecule has 7 heteroatoms. The van der Waals surface area contributed by atoms with E-state index in [4.69, 9.17) is 5.11 Å². The maximum Gasteiger partial charge on any atom is 0.326 e. The van der Waals surface area contributed by atoms with Crippen molar-refractivity contribution in [2.24, 2.45) is 0 Å². The number of carboxylic acids is 1. The first-order valence-electron chi connectivity index (χ1n) is 6.23. The quantitative estimate of drug-likeness (QED) is 0.790. The third kappa shape index (κ3) is 3.45. The summed E-state index contributed by atoms with van der Waals surface area (Å²) < 4.78 is 0.964. The Kier molecular flexibility index (Phi) is 4.52. The molecule has 1 atom stereocenters. The van der Waals surface area contributed by atoms with Gasteiger partial charge in [-0.05, 0) is 24.6 Å². The number of aromatic nitrogens is 1. The van der Waals surface area contributed by atoms with Crippen LogP contribution in [0, 0.1) is 0 Å². The predicted octanol–water partition coefficient (Wildman–Crippen LogP) is 2.67. The van der Waals surface area contributed by atoms with Crippen molar-refractivity contribution in [1.29, 1.82) is 0 Å². The zero-order valence-corrected chi connectivity index (χ0v) is 11.7. The van der Waals surface area contributed by atoms with Gasteiger partial charge in [0.25, 0.3) is 0 Å². The van der Waals surface area contributed by atoms with E-state index < -0.39 is 18.0 Å². The molecular formula is C13H15N3O3S. The molecule has 0 saturated carbocycles. The number of benzene rings is 1. The Morgan fingerprint density at radius 2 is 2.25 bits per heavy atom. The number of nitrogens with zero attached hydrogens (tertiary/aromatic N) is 1. The number of nitrogens with one attached hydrogen (secondary N) is 2. The standard InChI is InChI=1S/C13H15N3O3S/c1-2-3-10(12(17)18)16-13(19)15-8-4-5-9-11(6-8)20-7-14-9/h4-7,10H,2-3H2,1H3,(H,17,18)(H2,15,16,19). The first kappa shape index (κ1) is 14.3. The second-order valence-electron chi connectivity index (χ2n) is 4.31. The fourth-order valence-electron chi connectivity index (χ4n) is 1.80. The van der Waals surface area contributed by atoms with Gasteiger partial charge in [0.15, 0.2) is 0 Å². The van der Waals surface area contributed by atoms with Crippen molar-refractivity contribution < 1.29 is 14.7 Å². The maximum absolute atomic E-state index is 11.8. The Morgan fingerprint density at radius 3 is 2.95 bits per heavy atom. The van der Waals surface area contributed by atoms with Crippen LogP contribution in [0.2, 0.25) is 0 Å². The molecular weight excluding hydrogens is 278 g/mol. The largest absolute Gasteiger partial charge is 0.480 e. The van der Waals surface area contributed by atoms with Gasteiger partial charge in [0.05, 0.1) is 15.7 Å². The van der Waals surface area contributed by atoms with Gasteiger partial charge in [-0.25, -0.2) is 14.6 Å². The SMILES string of the molecule is CCCC(NC(=O)Nc1ccc2ncsc2c1)C(=O)O. The zero-order valence-electron chi connectivity index (χ0n) is 10.9. The molecule has 0 saturated heterocycles. The van der Waals surface area contributed by atoms with Crippen LogP contribution >= 0.6 is 11.3 Å². The number of rotatable bonds is 5. The molecule has 0 aliphatic carbocycles. The van der Waals surface area contributed by atoms with Crippen molar-refractivity contribution in [3.05, 3.63) is 23.7 Å². The van der Waals surface area contributed by atoms with Gasteiger partial charge in [-0.2, -0.15) is 0 Å². The molecule has 1 unspecified atom stereocenters. The normalized spacial score (nSPS) is 12.1. The summed E-state index contributed by atoms with van der Waals surface area (Å²) in [6.45, 7) is 1.87. The van der Waals surface area contributed by atoms with E-state index in [0.29, 0.717) is 18.5 Å². The Labute approximate surface area is 119 Å². The highest BCUT2D eigenvalue weighted by Crippen LogP contribution is 2.21. The summed E-state index contributed by atoms with van der Waals surface area (Å²) in [4.78, 5) is 26.9. The summed E-state index contributed by atoms with van der Waals surface area (Å²) >= 11 is 1.48. The van der Waals surface area contributed by atoms with Crippen molar-refractivity contribution in [2.45, 2.75) is 25.8 Å². The number of thiazole rings is 1. The minimum Gasteiger partial charge on any atom is -0.480 e. The van der Waals surface area contributed by atoms with E-state index in [1.54, 1.807) is 11.6 Å². The van der Waals surface area contributed by atoms with Gasteiger partial charge >= 0.3 is 12.0 Å². The van der Waals surface area contributed by atoms with E-state index in [1.807, 2.05) is 19.1 Å². The van der Waals surface area contributed by atoms with E-state index in [-0.39, 0.29) is 0 Å². The second-order valence-corrected chi connectivity index (χ2v) is 5.20. The van der Waals surface area contributed by atoms with Crippen molar-refractivity contribution >= 4 is 39.2 Å². The summed E-state index contributed by atoms with van der Waals surface area (Å²) in [7, 11) is 0. The number of carboxylic acid groups (broad SMARTS) is 1. The van der Waals surface area contributed by atoms with E-state index in [1.165, 1.54) is 11.3 Å². The first-order valence-corrected chi connectivity index (χ1v) is 7.11. The predicted molar refractivity (Wildman–Crippen MR) is 78.1 cm³/mol. The van der Waals surface area contributed by atoms with Gasteiger partial charge < -0.3 is 15.7 Å². The van der Waals surface area contributed by atoms with Gasteiger partial charge in [-0.1, -0.05) is 13.3 Å². The number of fused-ring (bicyclic) bond motifs is 1. The van der Waals surface area contributed by atoms with E-state index in [2.05, 4.69) is 15.6 Å². The molecule has 0 aliphatic rings. The maximum atomic E-state index is 11.8. The topological polar surface area (TPSA) is 91.3 Å². The molecule has 3 N–H and O–H groups in total. The van der Waals surface area contributed by atoms with Crippen LogP contribution in [0.3, 0.4) is 0 Å². The van der Waals surface area contributed by atoms with E-state index >= 15 is 0 Å². The highest BCUT2D eigenvalue weighted by molar-refractivity contribution is 7.16. The zero-order chi connectivity index (χ0) is 14.5.